The molecule has 0 saturated carbocycles. The zero-order valence-electron chi connectivity index (χ0n) is 12.7. The Kier molecular flexibility index (Phi) is 3.69. The van der Waals surface area contributed by atoms with Crippen molar-refractivity contribution in [3.63, 3.8) is 0 Å². The molecule has 2 atom stereocenters. The van der Waals surface area contributed by atoms with Crippen LogP contribution in [-0.4, -0.2) is 9.78 Å². The molecule has 1 aliphatic rings. The van der Waals surface area contributed by atoms with Crippen molar-refractivity contribution in [2.24, 2.45) is 7.05 Å². The predicted octanol–water partition coefficient (Wildman–Crippen LogP) is 3.83. The Labute approximate surface area is 125 Å². The molecule has 0 spiro atoms. The van der Waals surface area contributed by atoms with Crippen molar-refractivity contribution < 1.29 is 0 Å². The molecule has 2 aromatic rings. The van der Waals surface area contributed by atoms with Gasteiger partial charge in [-0.1, -0.05) is 0 Å². The number of thiophene rings is 1. The minimum absolute atomic E-state index is 0.347. The molecule has 2 unspecified atom stereocenters. The maximum absolute atomic E-state index is 4.54. The van der Waals surface area contributed by atoms with E-state index in [1.54, 1.807) is 4.88 Å². The topological polar surface area (TPSA) is 29.9 Å². The Morgan fingerprint density at radius 2 is 2.25 bits per heavy atom. The molecule has 0 aromatic carbocycles. The molecular formula is C16H23N3S. The van der Waals surface area contributed by atoms with Gasteiger partial charge in [-0.05, 0) is 57.0 Å². The molecule has 0 amide bonds. The van der Waals surface area contributed by atoms with Crippen LogP contribution in [0.15, 0.2) is 11.4 Å². The van der Waals surface area contributed by atoms with E-state index in [4.69, 9.17) is 0 Å². The van der Waals surface area contributed by atoms with Gasteiger partial charge in [0.1, 0.15) is 0 Å². The quantitative estimate of drug-likeness (QED) is 0.930. The first-order valence-corrected chi connectivity index (χ1v) is 8.28. The van der Waals surface area contributed by atoms with E-state index >= 15 is 0 Å². The number of aryl methyl sites for hydroxylation is 3. The van der Waals surface area contributed by atoms with Gasteiger partial charge in [-0.3, -0.25) is 4.68 Å². The van der Waals surface area contributed by atoms with E-state index in [1.807, 2.05) is 23.1 Å². The molecule has 4 heteroatoms. The molecule has 0 fully saturated rings. The molecule has 20 heavy (non-hydrogen) atoms. The minimum Gasteiger partial charge on any atom is -0.303 e. The van der Waals surface area contributed by atoms with Crippen LogP contribution in [0.4, 0.5) is 0 Å². The largest absolute Gasteiger partial charge is 0.303 e. The van der Waals surface area contributed by atoms with Crippen molar-refractivity contribution in [3.05, 3.63) is 38.8 Å². The van der Waals surface area contributed by atoms with E-state index < -0.39 is 0 Å². The van der Waals surface area contributed by atoms with Crippen molar-refractivity contribution in [2.45, 2.75) is 52.1 Å². The van der Waals surface area contributed by atoms with Crippen LogP contribution in [0.3, 0.4) is 0 Å². The highest BCUT2D eigenvalue weighted by Gasteiger charge is 2.24. The number of rotatable bonds is 3. The molecule has 3 rings (SSSR count). The van der Waals surface area contributed by atoms with Crippen molar-refractivity contribution in [1.82, 2.24) is 15.1 Å². The highest BCUT2D eigenvalue weighted by Crippen LogP contribution is 2.35. The lowest BCUT2D eigenvalue weighted by atomic mass is 9.92. The summed E-state index contributed by atoms with van der Waals surface area (Å²) >= 11 is 1.91. The normalized spacial score (nSPS) is 19.9. The van der Waals surface area contributed by atoms with Crippen LogP contribution < -0.4 is 5.32 Å². The average molecular weight is 289 g/mol. The lowest BCUT2D eigenvalue weighted by Crippen LogP contribution is -2.27. The molecule has 2 heterocycles. The van der Waals surface area contributed by atoms with E-state index in [-0.39, 0.29) is 0 Å². The fraction of sp³-hybridized carbons (Fsp3) is 0.562. The van der Waals surface area contributed by atoms with Gasteiger partial charge in [0.2, 0.25) is 0 Å². The summed E-state index contributed by atoms with van der Waals surface area (Å²) in [5.41, 5.74) is 5.29. The van der Waals surface area contributed by atoms with Crippen LogP contribution in [0.5, 0.6) is 0 Å². The molecule has 1 N–H and O–H groups in total. The maximum Gasteiger partial charge on any atom is 0.0644 e. The molecular weight excluding hydrogens is 266 g/mol. The Morgan fingerprint density at radius 1 is 1.45 bits per heavy atom. The second kappa shape index (κ2) is 5.34. The molecule has 0 bridgehead atoms. The van der Waals surface area contributed by atoms with Gasteiger partial charge in [0.15, 0.2) is 0 Å². The van der Waals surface area contributed by atoms with Crippen LogP contribution in [0.25, 0.3) is 0 Å². The van der Waals surface area contributed by atoms with Gasteiger partial charge in [0.25, 0.3) is 0 Å². The van der Waals surface area contributed by atoms with Crippen molar-refractivity contribution in [3.8, 4) is 0 Å². The average Bonchev–Trinajstić information content (AvgIpc) is 2.96. The highest BCUT2D eigenvalue weighted by molar-refractivity contribution is 7.10. The highest BCUT2D eigenvalue weighted by atomic mass is 32.1. The lowest BCUT2D eigenvalue weighted by Gasteiger charge is -2.27. The molecule has 2 aromatic heterocycles. The fourth-order valence-electron chi connectivity index (χ4n) is 3.46. The number of fused-ring (bicyclic) bond motifs is 1. The summed E-state index contributed by atoms with van der Waals surface area (Å²) in [7, 11) is 2.02. The van der Waals surface area contributed by atoms with Gasteiger partial charge in [-0.15, -0.1) is 11.3 Å². The van der Waals surface area contributed by atoms with E-state index in [9.17, 15) is 0 Å². The second-order valence-corrected chi connectivity index (χ2v) is 6.84. The first-order chi connectivity index (χ1) is 9.58. The van der Waals surface area contributed by atoms with Gasteiger partial charge in [-0.2, -0.15) is 5.10 Å². The monoisotopic (exact) mass is 289 g/mol. The summed E-state index contributed by atoms with van der Waals surface area (Å²) in [6.45, 7) is 6.53. The lowest BCUT2D eigenvalue weighted by molar-refractivity contribution is 0.416. The SMILES string of the molecule is Cc1nn(C)c(C)c1C(C)NC1CCCc2sccc21. The van der Waals surface area contributed by atoms with E-state index in [0.29, 0.717) is 12.1 Å². The standard InChI is InChI=1S/C16H23N3S/c1-10(16-11(2)18-19(4)12(16)3)17-14-6-5-7-15-13(14)8-9-20-15/h8-10,14,17H,5-7H2,1-4H3. The predicted molar refractivity (Wildman–Crippen MR) is 84.2 cm³/mol. The van der Waals surface area contributed by atoms with E-state index in [1.165, 1.54) is 36.1 Å². The summed E-state index contributed by atoms with van der Waals surface area (Å²) in [5.74, 6) is 0. The Balaban J connectivity index is 1.82. The zero-order chi connectivity index (χ0) is 14.3. The number of nitrogens with one attached hydrogen (secondary N) is 1. The minimum atomic E-state index is 0.347. The van der Waals surface area contributed by atoms with Gasteiger partial charge >= 0.3 is 0 Å². The summed E-state index contributed by atoms with van der Waals surface area (Å²) in [4.78, 5) is 1.57. The third-order valence-corrected chi connectivity index (χ3v) is 5.50. The zero-order valence-corrected chi connectivity index (χ0v) is 13.5. The van der Waals surface area contributed by atoms with Crippen LogP contribution in [0.1, 0.15) is 59.2 Å². The number of hydrogen-bond donors (Lipinski definition) is 1. The van der Waals surface area contributed by atoms with Crippen molar-refractivity contribution >= 4 is 11.3 Å². The van der Waals surface area contributed by atoms with Crippen molar-refractivity contribution in [1.29, 1.82) is 0 Å². The molecule has 3 nitrogen and oxygen atoms in total. The Bertz CT molecular complexity index is 611. The summed E-state index contributed by atoms with van der Waals surface area (Å²) in [6.07, 6.45) is 3.79. The Hall–Kier alpha value is -1.13. The van der Waals surface area contributed by atoms with Gasteiger partial charge in [-0.25, -0.2) is 0 Å². The number of hydrogen-bond acceptors (Lipinski definition) is 3. The maximum atomic E-state index is 4.54. The summed E-state index contributed by atoms with van der Waals surface area (Å²) in [5, 5.41) is 10.6. The molecule has 0 saturated heterocycles. The van der Waals surface area contributed by atoms with Crippen LogP contribution in [0, 0.1) is 13.8 Å². The third kappa shape index (κ3) is 2.31. The summed E-state index contributed by atoms with van der Waals surface area (Å²) in [6, 6.07) is 3.14. The smallest absolute Gasteiger partial charge is 0.0644 e. The van der Waals surface area contributed by atoms with E-state index in [2.05, 4.69) is 42.6 Å². The third-order valence-electron chi connectivity index (χ3n) is 4.50. The number of nitrogens with zero attached hydrogens (tertiary/aromatic N) is 2. The molecule has 1 aliphatic carbocycles. The number of aromatic nitrogens is 2. The molecule has 0 aliphatic heterocycles. The van der Waals surface area contributed by atoms with Crippen LogP contribution >= 0.6 is 11.3 Å². The van der Waals surface area contributed by atoms with E-state index in [0.717, 1.165) is 5.69 Å². The Morgan fingerprint density at radius 3 is 2.95 bits per heavy atom. The van der Waals surface area contributed by atoms with Crippen molar-refractivity contribution in [2.75, 3.05) is 0 Å². The summed E-state index contributed by atoms with van der Waals surface area (Å²) < 4.78 is 1.99. The van der Waals surface area contributed by atoms with Gasteiger partial charge in [0, 0.05) is 35.3 Å². The first kappa shape index (κ1) is 13.8. The van der Waals surface area contributed by atoms with Gasteiger partial charge < -0.3 is 5.32 Å². The van der Waals surface area contributed by atoms with Crippen LogP contribution in [-0.2, 0) is 13.5 Å². The fourth-order valence-corrected chi connectivity index (χ4v) is 4.45. The molecule has 108 valence electrons. The van der Waals surface area contributed by atoms with Gasteiger partial charge in [0.05, 0.1) is 5.69 Å². The first-order valence-electron chi connectivity index (χ1n) is 7.40. The molecule has 0 radical (unpaired) electrons. The van der Waals surface area contributed by atoms with Crippen LogP contribution in [0.2, 0.25) is 0 Å². The second-order valence-electron chi connectivity index (χ2n) is 5.84.